The van der Waals surface area contributed by atoms with Crippen molar-refractivity contribution in [3.05, 3.63) is 51.5 Å². The SMILES string of the molecule is COc1ccc(C)cc1-c1csc(NC(=O)CCNC(=O)c2cccs2)n1. The van der Waals surface area contributed by atoms with Crippen molar-refractivity contribution in [1.29, 1.82) is 0 Å². The van der Waals surface area contributed by atoms with Gasteiger partial charge in [-0.3, -0.25) is 9.59 Å². The number of methoxy groups -OCH3 is 1. The molecule has 0 bridgehead atoms. The summed E-state index contributed by atoms with van der Waals surface area (Å²) in [6.45, 7) is 2.27. The summed E-state index contributed by atoms with van der Waals surface area (Å²) in [5.74, 6) is 0.375. The number of hydrogen-bond acceptors (Lipinski definition) is 6. The summed E-state index contributed by atoms with van der Waals surface area (Å²) in [7, 11) is 1.62. The number of nitrogens with one attached hydrogen (secondary N) is 2. The second kappa shape index (κ2) is 8.79. The van der Waals surface area contributed by atoms with E-state index in [4.69, 9.17) is 4.74 Å². The number of aryl methyl sites for hydroxylation is 1. The molecule has 0 aliphatic rings. The third kappa shape index (κ3) is 4.93. The molecule has 0 aliphatic heterocycles. The molecule has 0 saturated heterocycles. The van der Waals surface area contributed by atoms with Crippen LogP contribution >= 0.6 is 22.7 Å². The molecule has 3 rings (SSSR count). The first-order valence-electron chi connectivity index (χ1n) is 8.29. The molecule has 0 aliphatic carbocycles. The molecule has 0 spiro atoms. The number of thiophene rings is 1. The van der Waals surface area contributed by atoms with Gasteiger partial charge in [-0.05, 0) is 30.5 Å². The lowest BCUT2D eigenvalue weighted by Crippen LogP contribution is -2.27. The third-order valence-corrected chi connectivity index (χ3v) is 5.39. The van der Waals surface area contributed by atoms with Gasteiger partial charge in [0.1, 0.15) is 5.75 Å². The highest BCUT2D eigenvalue weighted by Crippen LogP contribution is 2.32. The van der Waals surface area contributed by atoms with Crippen LogP contribution in [0.2, 0.25) is 0 Å². The quantitative estimate of drug-likeness (QED) is 0.628. The summed E-state index contributed by atoms with van der Waals surface area (Å²) in [6, 6.07) is 9.44. The van der Waals surface area contributed by atoms with Crippen molar-refractivity contribution >= 4 is 39.6 Å². The molecule has 140 valence electrons. The molecule has 1 aromatic carbocycles. The van der Waals surface area contributed by atoms with Crippen molar-refractivity contribution in [2.75, 3.05) is 19.0 Å². The average Bonchev–Trinajstić information content (AvgIpc) is 3.33. The minimum absolute atomic E-state index is 0.166. The zero-order chi connectivity index (χ0) is 19.2. The monoisotopic (exact) mass is 401 g/mol. The summed E-state index contributed by atoms with van der Waals surface area (Å²) in [6.07, 6.45) is 0.180. The molecular formula is C19H19N3O3S2. The number of benzene rings is 1. The predicted molar refractivity (Wildman–Crippen MR) is 109 cm³/mol. The largest absolute Gasteiger partial charge is 0.496 e. The number of hydrogen-bond donors (Lipinski definition) is 2. The molecule has 2 aromatic heterocycles. The number of rotatable bonds is 7. The third-order valence-electron chi connectivity index (χ3n) is 3.76. The Kier molecular flexibility index (Phi) is 6.20. The molecule has 2 N–H and O–H groups in total. The fraction of sp³-hybridized carbons (Fsp3) is 0.211. The van der Waals surface area contributed by atoms with Crippen molar-refractivity contribution in [3.8, 4) is 17.0 Å². The Morgan fingerprint density at radius 2 is 2.07 bits per heavy atom. The standard InChI is InChI=1S/C19H19N3O3S2/c1-12-5-6-15(25-2)13(10-12)14-11-27-19(21-14)22-17(23)7-8-20-18(24)16-4-3-9-26-16/h3-6,9-11H,7-8H2,1-2H3,(H,20,24)(H,21,22,23). The summed E-state index contributed by atoms with van der Waals surface area (Å²) >= 11 is 2.72. The van der Waals surface area contributed by atoms with Crippen LogP contribution in [0.5, 0.6) is 5.75 Å². The zero-order valence-electron chi connectivity index (χ0n) is 14.9. The second-order valence-electron chi connectivity index (χ2n) is 5.77. The lowest BCUT2D eigenvalue weighted by Gasteiger charge is -2.07. The van der Waals surface area contributed by atoms with Gasteiger partial charge in [0.15, 0.2) is 5.13 Å². The maximum atomic E-state index is 12.1. The molecule has 0 radical (unpaired) electrons. The Morgan fingerprint density at radius 3 is 2.81 bits per heavy atom. The van der Waals surface area contributed by atoms with Gasteiger partial charge < -0.3 is 15.4 Å². The highest BCUT2D eigenvalue weighted by atomic mass is 32.1. The molecule has 0 unspecified atom stereocenters. The highest BCUT2D eigenvalue weighted by Gasteiger charge is 2.12. The first-order chi connectivity index (χ1) is 13.1. The zero-order valence-corrected chi connectivity index (χ0v) is 16.6. The van der Waals surface area contributed by atoms with Crippen LogP contribution in [0.15, 0.2) is 41.1 Å². The first-order valence-corrected chi connectivity index (χ1v) is 10.0. The van der Waals surface area contributed by atoms with Crippen LogP contribution in [-0.4, -0.2) is 30.5 Å². The number of nitrogens with zero attached hydrogens (tertiary/aromatic N) is 1. The number of anilines is 1. The van der Waals surface area contributed by atoms with E-state index < -0.39 is 0 Å². The molecule has 0 saturated carbocycles. The van der Waals surface area contributed by atoms with Crippen LogP contribution in [-0.2, 0) is 4.79 Å². The van der Waals surface area contributed by atoms with E-state index in [1.54, 1.807) is 13.2 Å². The summed E-state index contributed by atoms with van der Waals surface area (Å²) in [5.41, 5.74) is 2.74. The molecule has 0 atom stereocenters. The number of thiazole rings is 1. The lowest BCUT2D eigenvalue weighted by molar-refractivity contribution is -0.116. The minimum Gasteiger partial charge on any atom is -0.496 e. The van der Waals surface area contributed by atoms with Crippen LogP contribution < -0.4 is 15.4 Å². The molecule has 0 fully saturated rings. The number of ether oxygens (including phenoxy) is 1. The molecule has 27 heavy (non-hydrogen) atoms. The lowest BCUT2D eigenvalue weighted by atomic mass is 10.1. The summed E-state index contributed by atoms with van der Waals surface area (Å²) in [4.78, 5) is 29.0. The first kappa shape index (κ1) is 19.1. The highest BCUT2D eigenvalue weighted by molar-refractivity contribution is 7.14. The number of amides is 2. The Bertz CT molecular complexity index is 936. The molecule has 6 nitrogen and oxygen atoms in total. The Balaban J connectivity index is 1.55. The topological polar surface area (TPSA) is 80.3 Å². The Hall–Kier alpha value is -2.71. The van der Waals surface area contributed by atoms with Crippen molar-refractivity contribution in [2.24, 2.45) is 0 Å². The predicted octanol–water partition coefficient (Wildman–Crippen LogP) is 3.95. The van der Waals surface area contributed by atoms with Gasteiger partial charge in [0.2, 0.25) is 5.91 Å². The second-order valence-corrected chi connectivity index (χ2v) is 7.58. The molecular weight excluding hydrogens is 382 g/mol. The van der Waals surface area contributed by atoms with E-state index in [0.29, 0.717) is 10.0 Å². The number of aromatic nitrogens is 1. The van der Waals surface area contributed by atoms with E-state index in [1.165, 1.54) is 22.7 Å². The van der Waals surface area contributed by atoms with Gasteiger partial charge in [-0.15, -0.1) is 22.7 Å². The molecule has 2 amide bonds. The van der Waals surface area contributed by atoms with E-state index in [-0.39, 0.29) is 24.8 Å². The van der Waals surface area contributed by atoms with Gasteiger partial charge in [0.25, 0.3) is 5.91 Å². The van der Waals surface area contributed by atoms with Crippen molar-refractivity contribution < 1.29 is 14.3 Å². The smallest absolute Gasteiger partial charge is 0.261 e. The van der Waals surface area contributed by atoms with Gasteiger partial charge in [-0.25, -0.2) is 4.98 Å². The Labute approximate surface area is 165 Å². The van der Waals surface area contributed by atoms with Gasteiger partial charge in [0.05, 0.1) is 17.7 Å². The number of carbonyl (C=O) groups excluding carboxylic acids is 2. The molecule has 2 heterocycles. The van der Waals surface area contributed by atoms with Gasteiger partial charge in [-0.1, -0.05) is 17.7 Å². The van der Waals surface area contributed by atoms with Gasteiger partial charge >= 0.3 is 0 Å². The maximum absolute atomic E-state index is 12.1. The van der Waals surface area contributed by atoms with E-state index in [2.05, 4.69) is 15.6 Å². The molecule has 3 aromatic rings. The normalized spacial score (nSPS) is 10.4. The minimum atomic E-state index is -0.196. The van der Waals surface area contributed by atoms with E-state index in [9.17, 15) is 9.59 Å². The summed E-state index contributed by atoms with van der Waals surface area (Å²) in [5, 5.41) is 9.74. The summed E-state index contributed by atoms with van der Waals surface area (Å²) < 4.78 is 5.39. The van der Waals surface area contributed by atoms with Crippen molar-refractivity contribution in [3.63, 3.8) is 0 Å². The average molecular weight is 402 g/mol. The van der Waals surface area contributed by atoms with Crippen molar-refractivity contribution in [1.82, 2.24) is 10.3 Å². The van der Waals surface area contributed by atoms with E-state index in [0.717, 1.165) is 22.6 Å². The Morgan fingerprint density at radius 1 is 1.22 bits per heavy atom. The van der Waals surface area contributed by atoms with Crippen LogP contribution in [0, 0.1) is 6.92 Å². The maximum Gasteiger partial charge on any atom is 0.261 e. The van der Waals surface area contributed by atoms with Crippen LogP contribution in [0.25, 0.3) is 11.3 Å². The van der Waals surface area contributed by atoms with Gasteiger partial charge in [0, 0.05) is 23.9 Å². The fourth-order valence-corrected chi connectivity index (χ4v) is 3.81. The van der Waals surface area contributed by atoms with E-state index >= 15 is 0 Å². The van der Waals surface area contributed by atoms with Crippen molar-refractivity contribution in [2.45, 2.75) is 13.3 Å². The van der Waals surface area contributed by atoms with Crippen LogP contribution in [0.1, 0.15) is 21.7 Å². The van der Waals surface area contributed by atoms with Gasteiger partial charge in [-0.2, -0.15) is 0 Å². The molecule has 8 heteroatoms. The van der Waals surface area contributed by atoms with Crippen LogP contribution in [0.4, 0.5) is 5.13 Å². The van der Waals surface area contributed by atoms with E-state index in [1.807, 2.05) is 41.9 Å². The number of carbonyl (C=O) groups is 2. The fourth-order valence-electron chi connectivity index (χ4n) is 2.44. The van der Waals surface area contributed by atoms with Crippen LogP contribution in [0.3, 0.4) is 0 Å².